The molecule has 1 aliphatic carbocycles. The van der Waals surface area contributed by atoms with Crippen molar-refractivity contribution in [2.24, 2.45) is 5.92 Å². The lowest BCUT2D eigenvalue weighted by atomic mass is 10.0. The molecule has 0 aromatic carbocycles. The Morgan fingerprint density at radius 3 is 1.50 bits per heavy atom. The highest BCUT2D eigenvalue weighted by Crippen LogP contribution is 2.17. The molecule has 1 saturated heterocycles. The number of nitrogens with zero attached hydrogens (tertiary/aromatic N) is 1. The van der Waals surface area contributed by atoms with Crippen LogP contribution in [0.5, 0.6) is 0 Å². The van der Waals surface area contributed by atoms with Gasteiger partial charge in [-0.15, -0.1) is 0 Å². The van der Waals surface area contributed by atoms with E-state index in [0.29, 0.717) is 58.8 Å². The Hall–Kier alpha value is -0.760. The van der Waals surface area contributed by atoms with E-state index in [-0.39, 0.29) is 0 Å². The quantitative estimate of drug-likeness (QED) is 0.555. The zero-order valence-electron chi connectivity index (χ0n) is 18.8. The highest BCUT2D eigenvalue weighted by atomic mass is 16.6. The van der Waals surface area contributed by atoms with Crippen molar-refractivity contribution < 1.29 is 23.7 Å². The molecule has 0 N–H and O–H groups in total. The van der Waals surface area contributed by atoms with E-state index in [9.17, 15) is 0 Å². The van der Waals surface area contributed by atoms with Crippen LogP contribution in [0.25, 0.3) is 0 Å². The van der Waals surface area contributed by atoms with E-state index >= 15 is 0 Å². The Morgan fingerprint density at radius 2 is 0.967 bits per heavy atom. The van der Waals surface area contributed by atoms with E-state index in [1.54, 1.807) is 0 Å². The van der Waals surface area contributed by atoms with Crippen LogP contribution in [0.15, 0.2) is 24.3 Å². The third-order valence-electron chi connectivity index (χ3n) is 5.43. The van der Waals surface area contributed by atoms with Crippen molar-refractivity contribution in [2.45, 2.75) is 38.5 Å². The maximum atomic E-state index is 5.74. The van der Waals surface area contributed by atoms with Gasteiger partial charge in [0.15, 0.2) is 0 Å². The van der Waals surface area contributed by atoms with Gasteiger partial charge in [0.2, 0.25) is 0 Å². The summed E-state index contributed by atoms with van der Waals surface area (Å²) in [5.41, 5.74) is 0. The minimum Gasteiger partial charge on any atom is -0.378 e. The van der Waals surface area contributed by atoms with Gasteiger partial charge in [0.25, 0.3) is 0 Å². The first kappa shape index (κ1) is 25.5. The van der Waals surface area contributed by atoms with Gasteiger partial charge in [-0.05, 0) is 25.3 Å². The van der Waals surface area contributed by atoms with Crippen LogP contribution in [0.2, 0.25) is 0 Å². The van der Waals surface area contributed by atoms with Crippen molar-refractivity contribution in [3.05, 3.63) is 24.3 Å². The van der Waals surface area contributed by atoms with Gasteiger partial charge in [-0.25, -0.2) is 0 Å². The summed E-state index contributed by atoms with van der Waals surface area (Å²) in [5, 5.41) is 0. The predicted molar refractivity (Wildman–Crippen MR) is 120 cm³/mol. The number of hydrogen-bond donors (Lipinski definition) is 0. The van der Waals surface area contributed by atoms with Crippen LogP contribution in [0.1, 0.15) is 38.5 Å². The van der Waals surface area contributed by atoms with E-state index in [1.165, 1.54) is 38.5 Å². The molecule has 1 heterocycles. The van der Waals surface area contributed by atoms with Crippen LogP contribution < -0.4 is 0 Å². The van der Waals surface area contributed by atoms with Gasteiger partial charge in [-0.1, -0.05) is 50.0 Å². The van der Waals surface area contributed by atoms with Gasteiger partial charge < -0.3 is 23.7 Å². The summed E-state index contributed by atoms with van der Waals surface area (Å²) in [5.74, 6) is 0.687. The molecule has 0 aromatic heterocycles. The summed E-state index contributed by atoms with van der Waals surface area (Å²) in [7, 11) is 0. The standard InChI is InChI=1S/C24H43NO5/c1(2-4-8-24-9-5-6-10-24)3-7-11-25-12-14-26-16-18-28-20-22-30-23-21-29-19-17-27-15-13-25/h5-6,9-10,24H,1-4,7-8,11-23H2. The van der Waals surface area contributed by atoms with E-state index in [1.807, 2.05) is 0 Å². The molecular formula is C24H43NO5. The van der Waals surface area contributed by atoms with Gasteiger partial charge >= 0.3 is 0 Å². The van der Waals surface area contributed by atoms with Crippen LogP contribution in [0.3, 0.4) is 0 Å². The monoisotopic (exact) mass is 425 g/mol. The second-order valence-corrected chi connectivity index (χ2v) is 7.89. The van der Waals surface area contributed by atoms with E-state index in [2.05, 4.69) is 29.2 Å². The third-order valence-corrected chi connectivity index (χ3v) is 5.43. The van der Waals surface area contributed by atoms with Crippen molar-refractivity contribution in [3.63, 3.8) is 0 Å². The van der Waals surface area contributed by atoms with E-state index in [0.717, 1.165) is 32.8 Å². The average molecular weight is 426 g/mol. The fraction of sp³-hybridized carbons (Fsp3) is 0.833. The molecule has 0 aromatic rings. The third kappa shape index (κ3) is 14.3. The normalized spacial score (nSPS) is 22.1. The molecule has 2 aliphatic rings. The highest BCUT2D eigenvalue weighted by Gasteiger charge is 2.06. The number of rotatable bonds is 8. The summed E-state index contributed by atoms with van der Waals surface area (Å²) in [6, 6.07) is 0. The van der Waals surface area contributed by atoms with E-state index in [4.69, 9.17) is 23.7 Å². The molecule has 1 aliphatic heterocycles. The van der Waals surface area contributed by atoms with Crippen LogP contribution in [-0.4, -0.2) is 90.6 Å². The predicted octanol–water partition coefficient (Wildman–Crippen LogP) is 3.47. The summed E-state index contributed by atoms with van der Waals surface area (Å²) < 4.78 is 28.0. The van der Waals surface area contributed by atoms with Gasteiger partial charge in [0, 0.05) is 13.1 Å². The Balaban J connectivity index is 1.53. The molecule has 6 heteroatoms. The Morgan fingerprint density at radius 1 is 0.533 bits per heavy atom. The lowest BCUT2D eigenvalue weighted by Gasteiger charge is -2.22. The second-order valence-electron chi connectivity index (χ2n) is 7.89. The van der Waals surface area contributed by atoms with Gasteiger partial charge in [-0.2, -0.15) is 0 Å². The fourth-order valence-corrected chi connectivity index (χ4v) is 3.62. The first-order chi connectivity index (χ1) is 14.9. The molecule has 1 fully saturated rings. The van der Waals surface area contributed by atoms with Gasteiger partial charge in [0.05, 0.1) is 66.1 Å². The zero-order chi connectivity index (χ0) is 21.0. The summed E-state index contributed by atoms with van der Waals surface area (Å²) >= 11 is 0. The maximum absolute atomic E-state index is 5.74. The first-order valence-electron chi connectivity index (χ1n) is 11.9. The average Bonchev–Trinajstić information content (AvgIpc) is 3.27. The summed E-state index contributed by atoms with van der Waals surface area (Å²) in [6.07, 6.45) is 16.8. The lowest BCUT2D eigenvalue weighted by Crippen LogP contribution is -2.32. The minimum absolute atomic E-state index is 0.600. The molecule has 0 bridgehead atoms. The van der Waals surface area contributed by atoms with Crippen LogP contribution >= 0.6 is 0 Å². The SMILES string of the molecule is C1=CC(CCCCCCCN2CCOCCOCCOCCOCCOCC2)C=C1. The molecule has 174 valence electrons. The molecule has 6 nitrogen and oxygen atoms in total. The van der Waals surface area contributed by atoms with Crippen molar-refractivity contribution in [2.75, 3.05) is 85.7 Å². The van der Waals surface area contributed by atoms with Crippen molar-refractivity contribution in [1.82, 2.24) is 4.90 Å². The van der Waals surface area contributed by atoms with Crippen molar-refractivity contribution >= 4 is 0 Å². The molecule has 0 spiro atoms. The molecule has 0 amide bonds. The summed E-state index contributed by atoms with van der Waals surface area (Å²) in [6.45, 7) is 9.42. The molecule has 30 heavy (non-hydrogen) atoms. The van der Waals surface area contributed by atoms with E-state index < -0.39 is 0 Å². The van der Waals surface area contributed by atoms with Gasteiger partial charge in [0.1, 0.15) is 0 Å². The number of unbranched alkanes of at least 4 members (excludes halogenated alkanes) is 4. The number of ether oxygens (including phenoxy) is 5. The highest BCUT2D eigenvalue weighted by molar-refractivity contribution is 5.17. The fourth-order valence-electron chi connectivity index (χ4n) is 3.62. The Bertz CT molecular complexity index is 413. The molecular weight excluding hydrogens is 382 g/mol. The summed E-state index contributed by atoms with van der Waals surface area (Å²) in [4.78, 5) is 2.47. The molecule has 0 saturated carbocycles. The molecule has 0 radical (unpaired) electrons. The zero-order valence-corrected chi connectivity index (χ0v) is 18.8. The van der Waals surface area contributed by atoms with Crippen LogP contribution in [0.4, 0.5) is 0 Å². The largest absolute Gasteiger partial charge is 0.378 e. The van der Waals surface area contributed by atoms with Gasteiger partial charge in [-0.3, -0.25) is 4.90 Å². The topological polar surface area (TPSA) is 49.4 Å². The molecule has 0 atom stereocenters. The molecule has 2 rings (SSSR count). The van der Waals surface area contributed by atoms with Crippen molar-refractivity contribution in [3.8, 4) is 0 Å². The second kappa shape index (κ2) is 19.0. The number of hydrogen-bond acceptors (Lipinski definition) is 6. The smallest absolute Gasteiger partial charge is 0.0701 e. The Kier molecular flexibility index (Phi) is 16.1. The maximum Gasteiger partial charge on any atom is 0.0701 e. The van der Waals surface area contributed by atoms with Crippen LogP contribution in [0, 0.1) is 5.92 Å². The minimum atomic E-state index is 0.600. The molecule has 0 unspecified atom stereocenters. The Labute approximate surface area is 183 Å². The number of allylic oxidation sites excluding steroid dienone is 4. The van der Waals surface area contributed by atoms with Crippen LogP contribution in [-0.2, 0) is 23.7 Å². The first-order valence-corrected chi connectivity index (χ1v) is 11.9. The van der Waals surface area contributed by atoms with Crippen molar-refractivity contribution in [1.29, 1.82) is 0 Å². The lowest BCUT2D eigenvalue weighted by molar-refractivity contribution is -0.0186.